The van der Waals surface area contributed by atoms with Gasteiger partial charge >= 0.3 is 0 Å². The lowest BCUT2D eigenvalue weighted by Crippen LogP contribution is -2.12. The van der Waals surface area contributed by atoms with Crippen LogP contribution in [-0.4, -0.2) is 25.4 Å². The van der Waals surface area contributed by atoms with Crippen LogP contribution in [0.5, 0.6) is 5.75 Å². The van der Waals surface area contributed by atoms with Crippen LogP contribution in [0.25, 0.3) is 10.2 Å². The minimum absolute atomic E-state index is 0.171. The van der Waals surface area contributed by atoms with Gasteiger partial charge in [0.25, 0.3) is 15.7 Å². The summed E-state index contributed by atoms with van der Waals surface area (Å²) in [5.74, 6) is 0.638. The number of nitrogens with one attached hydrogen (secondary N) is 1. The van der Waals surface area contributed by atoms with Crippen LogP contribution in [0.3, 0.4) is 0 Å². The Labute approximate surface area is 140 Å². The molecule has 2 aromatic carbocycles. The number of ether oxygens (including phenoxy) is 1. The fourth-order valence-corrected chi connectivity index (χ4v) is 4.18. The number of nitro groups is 1. The molecule has 0 fully saturated rings. The van der Waals surface area contributed by atoms with Crippen molar-refractivity contribution in [3.05, 3.63) is 52.6 Å². The highest BCUT2D eigenvalue weighted by Gasteiger charge is 2.19. The normalized spacial score (nSPS) is 11.4. The SMILES string of the molecule is COc1ccc2nc(NS(=O)(=O)c3cccc([N+](=O)[O-])c3)sc2c1. The maximum atomic E-state index is 12.4. The number of hydrogen-bond acceptors (Lipinski definition) is 7. The fourth-order valence-electron chi connectivity index (χ4n) is 2.01. The van der Waals surface area contributed by atoms with Crippen molar-refractivity contribution in [3.63, 3.8) is 0 Å². The molecule has 0 atom stereocenters. The first kappa shape index (κ1) is 16.1. The second-order valence-electron chi connectivity index (χ2n) is 4.71. The topological polar surface area (TPSA) is 111 Å². The van der Waals surface area contributed by atoms with Gasteiger partial charge in [-0.2, -0.15) is 0 Å². The van der Waals surface area contributed by atoms with Crippen LogP contribution in [-0.2, 0) is 10.0 Å². The van der Waals surface area contributed by atoms with E-state index in [1.54, 1.807) is 18.2 Å². The summed E-state index contributed by atoms with van der Waals surface area (Å²) in [7, 11) is -2.43. The molecule has 10 heteroatoms. The Morgan fingerprint density at radius 3 is 2.75 bits per heavy atom. The third-order valence-corrected chi connectivity index (χ3v) is 5.56. The Hall–Kier alpha value is -2.72. The number of thiazole rings is 1. The summed E-state index contributed by atoms with van der Waals surface area (Å²) < 4.78 is 33.0. The van der Waals surface area contributed by atoms with E-state index in [9.17, 15) is 18.5 Å². The standard InChI is InChI=1S/C14H11N3O5S2/c1-22-10-5-6-12-13(8-10)23-14(15-12)16-24(20,21)11-4-2-3-9(7-11)17(18)19/h2-8H,1H3,(H,15,16). The van der Waals surface area contributed by atoms with E-state index in [1.165, 1.54) is 25.3 Å². The molecule has 0 aliphatic heterocycles. The van der Waals surface area contributed by atoms with Crippen LogP contribution in [0.15, 0.2) is 47.4 Å². The van der Waals surface area contributed by atoms with Gasteiger partial charge in [-0.25, -0.2) is 13.4 Å². The lowest BCUT2D eigenvalue weighted by Gasteiger charge is -2.04. The minimum atomic E-state index is -3.97. The molecule has 3 rings (SSSR count). The predicted octanol–water partition coefficient (Wildman–Crippen LogP) is 3.01. The third-order valence-electron chi connectivity index (χ3n) is 3.16. The van der Waals surface area contributed by atoms with Crippen LogP contribution < -0.4 is 9.46 Å². The number of hydrogen-bond donors (Lipinski definition) is 1. The van der Waals surface area contributed by atoms with Gasteiger partial charge in [0.2, 0.25) is 0 Å². The number of anilines is 1. The smallest absolute Gasteiger partial charge is 0.270 e. The van der Waals surface area contributed by atoms with Gasteiger partial charge in [0.15, 0.2) is 5.13 Å². The first-order valence-corrected chi connectivity index (χ1v) is 8.91. The Morgan fingerprint density at radius 2 is 2.04 bits per heavy atom. The molecule has 0 saturated carbocycles. The maximum Gasteiger partial charge on any atom is 0.270 e. The molecule has 3 aromatic rings. The summed E-state index contributed by atoms with van der Waals surface area (Å²) in [6.45, 7) is 0. The number of rotatable bonds is 5. The average molecular weight is 365 g/mol. The van der Waals surface area contributed by atoms with Crippen LogP contribution >= 0.6 is 11.3 Å². The van der Waals surface area contributed by atoms with Crippen molar-refractivity contribution in [1.82, 2.24) is 4.98 Å². The average Bonchev–Trinajstić information content (AvgIpc) is 2.95. The molecule has 1 N–H and O–H groups in total. The third kappa shape index (κ3) is 3.14. The summed E-state index contributed by atoms with van der Waals surface area (Å²) in [6, 6.07) is 10.0. The number of nitro benzene ring substituents is 1. The van der Waals surface area contributed by atoms with E-state index in [4.69, 9.17) is 4.74 Å². The van der Waals surface area contributed by atoms with Gasteiger partial charge in [0.1, 0.15) is 5.75 Å². The molecular weight excluding hydrogens is 354 g/mol. The molecule has 0 spiro atoms. The van der Waals surface area contributed by atoms with Crippen molar-refractivity contribution in [2.45, 2.75) is 4.90 Å². The Kier molecular flexibility index (Phi) is 4.08. The fraction of sp³-hybridized carbons (Fsp3) is 0.0714. The monoisotopic (exact) mass is 365 g/mol. The van der Waals surface area contributed by atoms with E-state index in [2.05, 4.69) is 9.71 Å². The Morgan fingerprint density at radius 1 is 1.25 bits per heavy atom. The molecule has 0 aliphatic carbocycles. The van der Waals surface area contributed by atoms with Crippen molar-refractivity contribution in [1.29, 1.82) is 0 Å². The molecule has 0 saturated heterocycles. The number of benzene rings is 2. The number of aromatic nitrogens is 1. The van der Waals surface area contributed by atoms with Gasteiger partial charge in [0.05, 0.1) is 27.1 Å². The minimum Gasteiger partial charge on any atom is -0.497 e. The Balaban J connectivity index is 1.94. The van der Waals surface area contributed by atoms with Gasteiger partial charge in [-0.3, -0.25) is 14.8 Å². The summed E-state index contributed by atoms with van der Waals surface area (Å²) in [6.07, 6.45) is 0. The van der Waals surface area contributed by atoms with Gasteiger partial charge in [0, 0.05) is 12.1 Å². The largest absolute Gasteiger partial charge is 0.497 e. The number of fused-ring (bicyclic) bond motifs is 1. The molecule has 1 heterocycles. The molecule has 1 aromatic heterocycles. The molecule has 24 heavy (non-hydrogen) atoms. The van der Waals surface area contributed by atoms with Crippen molar-refractivity contribution in [2.75, 3.05) is 11.8 Å². The van der Waals surface area contributed by atoms with Crippen molar-refractivity contribution in [3.8, 4) is 5.75 Å². The summed E-state index contributed by atoms with van der Waals surface area (Å²) in [4.78, 5) is 14.1. The lowest BCUT2D eigenvalue weighted by atomic mass is 10.3. The molecule has 8 nitrogen and oxygen atoms in total. The highest BCUT2D eigenvalue weighted by atomic mass is 32.2. The van der Waals surface area contributed by atoms with E-state index in [-0.39, 0.29) is 15.7 Å². The van der Waals surface area contributed by atoms with E-state index < -0.39 is 14.9 Å². The second-order valence-corrected chi connectivity index (χ2v) is 7.43. The summed E-state index contributed by atoms with van der Waals surface area (Å²) in [5.41, 5.74) is 0.324. The van der Waals surface area contributed by atoms with Gasteiger partial charge in [-0.05, 0) is 24.3 Å². The predicted molar refractivity (Wildman–Crippen MR) is 90.1 cm³/mol. The summed E-state index contributed by atoms with van der Waals surface area (Å²) in [5, 5.41) is 11.0. The molecule has 0 bridgehead atoms. The molecule has 0 aliphatic rings. The van der Waals surface area contributed by atoms with Crippen LogP contribution in [0, 0.1) is 10.1 Å². The van der Waals surface area contributed by atoms with Gasteiger partial charge in [-0.15, -0.1) is 0 Å². The lowest BCUT2D eigenvalue weighted by molar-refractivity contribution is -0.385. The highest BCUT2D eigenvalue weighted by Crippen LogP contribution is 2.30. The number of non-ortho nitro benzene ring substituents is 1. The highest BCUT2D eigenvalue weighted by molar-refractivity contribution is 7.93. The number of sulfonamides is 1. The van der Waals surface area contributed by atoms with Crippen molar-refractivity contribution >= 4 is 42.4 Å². The van der Waals surface area contributed by atoms with E-state index in [0.29, 0.717) is 11.3 Å². The first-order chi connectivity index (χ1) is 11.4. The van der Waals surface area contributed by atoms with Crippen molar-refractivity contribution in [2.24, 2.45) is 0 Å². The maximum absolute atomic E-state index is 12.4. The van der Waals surface area contributed by atoms with Gasteiger partial charge in [-0.1, -0.05) is 17.4 Å². The zero-order valence-corrected chi connectivity index (χ0v) is 13.9. The quantitative estimate of drug-likeness (QED) is 0.549. The Bertz CT molecular complexity index is 1030. The van der Waals surface area contributed by atoms with Crippen LogP contribution in [0.1, 0.15) is 0 Å². The number of nitrogens with zero attached hydrogens (tertiary/aromatic N) is 2. The zero-order chi connectivity index (χ0) is 17.3. The molecule has 0 unspecified atom stereocenters. The van der Waals surface area contributed by atoms with Gasteiger partial charge < -0.3 is 4.74 Å². The first-order valence-electron chi connectivity index (χ1n) is 6.61. The molecule has 0 amide bonds. The summed E-state index contributed by atoms with van der Waals surface area (Å²) >= 11 is 1.14. The van der Waals surface area contributed by atoms with Crippen molar-refractivity contribution < 1.29 is 18.1 Å². The van der Waals surface area contributed by atoms with E-state index >= 15 is 0 Å². The van der Waals surface area contributed by atoms with E-state index in [1.807, 2.05) is 0 Å². The molecular formula is C14H11N3O5S2. The molecule has 124 valence electrons. The van der Waals surface area contributed by atoms with Crippen LogP contribution in [0.4, 0.5) is 10.8 Å². The van der Waals surface area contributed by atoms with E-state index in [0.717, 1.165) is 22.1 Å². The van der Waals surface area contributed by atoms with Crippen LogP contribution in [0.2, 0.25) is 0 Å². The zero-order valence-electron chi connectivity index (χ0n) is 12.3. The second kappa shape index (κ2) is 6.06. The number of methoxy groups -OCH3 is 1. The molecule has 0 radical (unpaired) electrons.